The Morgan fingerprint density at radius 2 is 1.52 bits per heavy atom. The van der Waals surface area contributed by atoms with Crippen molar-refractivity contribution < 1.29 is 14.6 Å². The van der Waals surface area contributed by atoms with Crippen LogP contribution in [0.2, 0.25) is 0 Å². The third kappa shape index (κ3) is 4.34. The number of fused-ring (bicyclic) bond motifs is 1. The van der Waals surface area contributed by atoms with Crippen molar-refractivity contribution in [3.8, 4) is 11.5 Å². The lowest BCUT2D eigenvalue weighted by atomic mass is 10.3. The Labute approximate surface area is 158 Å². The zero-order chi connectivity index (χ0) is 19.2. The molecule has 6 heteroatoms. The van der Waals surface area contributed by atoms with Crippen LogP contribution >= 0.6 is 0 Å². The molecule has 3 aromatic rings. The van der Waals surface area contributed by atoms with E-state index in [0.29, 0.717) is 18.9 Å². The third-order valence-corrected chi connectivity index (χ3v) is 4.34. The van der Waals surface area contributed by atoms with E-state index in [1.165, 1.54) is 0 Å². The molecule has 1 atom stereocenters. The molecule has 0 radical (unpaired) electrons. The molecule has 0 aliphatic rings. The van der Waals surface area contributed by atoms with Gasteiger partial charge in [0.05, 0.1) is 24.2 Å². The maximum absolute atomic E-state index is 12.7. The smallest absolute Gasteiger partial charge is 0.329 e. The van der Waals surface area contributed by atoms with Crippen molar-refractivity contribution >= 4 is 11.0 Å². The van der Waals surface area contributed by atoms with Crippen molar-refractivity contribution in [1.82, 2.24) is 9.13 Å². The molecule has 0 aliphatic heterocycles. The van der Waals surface area contributed by atoms with E-state index in [4.69, 9.17) is 9.47 Å². The highest BCUT2D eigenvalue weighted by Gasteiger charge is 2.15. The molecule has 1 unspecified atom stereocenters. The van der Waals surface area contributed by atoms with Crippen LogP contribution in [0.3, 0.4) is 0 Å². The number of aliphatic hydroxyl groups is 1. The van der Waals surface area contributed by atoms with Gasteiger partial charge in [-0.2, -0.15) is 0 Å². The molecule has 0 aliphatic carbocycles. The summed E-state index contributed by atoms with van der Waals surface area (Å²) in [6.45, 7) is 5.53. The predicted octanol–water partition coefficient (Wildman–Crippen LogP) is 3.05. The number of aliphatic hydroxyl groups excluding tert-OH is 1. The molecule has 3 rings (SSSR count). The zero-order valence-electron chi connectivity index (χ0n) is 15.8. The van der Waals surface area contributed by atoms with Gasteiger partial charge < -0.3 is 14.6 Å². The second kappa shape index (κ2) is 8.77. The molecule has 6 nitrogen and oxygen atoms in total. The summed E-state index contributed by atoms with van der Waals surface area (Å²) in [5, 5.41) is 10.4. The number of benzene rings is 2. The Morgan fingerprint density at radius 3 is 2.11 bits per heavy atom. The lowest BCUT2D eigenvalue weighted by molar-refractivity contribution is 0.0924. The summed E-state index contributed by atoms with van der Waals surface area (Å²) in [6, 6.07) is 14.9. The molecule has 1 N–H and O–H groups in total. The van der Waals surface area contributed by atoms with Crippen LogP contribution in [0.5, 0.6) is 11.5 Å². The van der Waals surface area contributed by atoms with E-state index in [1.807, 2.05) is 50.2 Å². The number of hydrogen-bond donors (Lipinski definition) is 1. The lowest BCUT2D eigenvalue weighted by Gasteiger charge is -2.13. The average molecular weight is 370 g/mol. The van der Waals surface area contributed by atoms with Gasteiger partial charge in [-0.25, -0.2) is 4.79 Å². The van der Waals surface area contributed by atoms with Gasteiger partial charge in [-0.3, -0.25) is 9.13 Å². The molecule has 1 aromatic heterocycles. The van der Waals surface area contributed by atoms with Gasteiger partial charge in [0.15, 0.2) is 0 Å². The SMILES string of the molecule is CCCn1c(=O)n(CC(O)COc2ccc(OCC)cc2)c2ccccc21. The summed E-state index contributed by atoms with van der Waals surface area (Å²) in [6.07, 6.45) is 0.0762. The Hall–Kier alpha value is -2.73. The number of aryl methyl sites for hydroxylation is 1. The van der Waals surface area contributed by atoms with Crippen LogP contribution in [-0.2, 0) is 13.1 Å². The number of ether oxygens (including phenoxy) is 2. The largest absolute Gasteiger partial charge is 0.494 e. The van der Waals surface area contributed by atoms with Crippen LogP contribution in [0.4, 0.5) is 0 Å². The van der Waals surface area contributed by atoms with Crippen LogP contribution < -0.4 is 15.2 Å². The van der Waals surface area contributed by atoms with E-state index >= 15 is 0 Å². The highest BCUT2D eigenvalue weighted by atomic mass is 16.5. The van der Waals surface area contributed by atoms with Gasteiger partial charge >= 0.3 is 5.69 Å². The Bertz CT molecular complexity index is 927. The molecule has 2 aromatic carbocycles. The Balaban J connectivity index is 1.70. The topological polar surface area (TPSA) is 65.6 Å². The number of nitrogens with zero attached hydrogens (tertiary/aromatic N) is 2. The predicted molar refractivity (Wildman–Crippen MR) is 106 cm³/mol. The fourth-order valence-electron chi connectivity index (χ4n) is 3.14. The van der Waals surface area contributed by atoms with Crippen molar-refractivity contribution in [3.63, 3.8) is 0 Å². The van der Waals surface area contributed by atoms with E-state index in [0.717, 1.165) is 23.2 Å². The highest BCUT2D eigenvalue weighted by molar-refractivity contribution is 5.76. The summed E-state index contributed by atoms with van der Waals surface area (Å²) in [7, 11) is 0. The van der Waals surface area contributed by atoms with Crippen molar-refractivity contribution in [2.24, 2.45) is 0 Å². The van der Waals surface area contributed by atoms with Crippen LogP contribution in [0, 0.1) is 0 Å². The van der Waals surface area contributed by atoms with E-state index in [1.54, 1.807) is 21.3 Å². The van der Waals surface area contributed by atoms with Crippen molar-refractivity contribution in [1.29, 1.82) is 0 Å². The van der Waals surface area contributed by atoms with E-state index in [-0.39, 0.29) is 18.8 Å². The minimum atomic E-state index is -0.796. The third-order valence-electron chi connectivity index (χ3n) is 4.34. The maximum atomic E-state index is 12.7. The number of rotatable bonds is 9. The normalized spacial score (nSPS) is 12.3. The van der Waals surface area contributed by atoms with Crippen LogP contribution in [0.1, 0.15) is 20.3 Å². The fourth-order valence-corrected chi connectivity index (χ4v) is 3.14. The maximum Gasteiger partial charge on any atom is 0.329 e. The van der Waals surface area contributed by atoms with E-state index in [9.17, 15) is 9.90 Å². The molecular weight excluding hydrogens is 344 g/mol. The molecular formula is C21H26N2O4. The van der Waals surface area contributed by atoms with Gasteiger partial charge in [0.1, 0.15) is 24.2 Å². The number of para-hydroxylation sites is 2. The Morgan fingerprint density at radius 1 is 0.926 bits per heavy atom. The quantitative estimate of drug-likeness (QED) is 0.629. The van der Waals surface area contributed by atoms with Gasteiger partial charge in [0.2, 0.25) is 0 Å². The minimum Gasteiger partial charge on any atom is -0.494 e. The monoisotopic (exact) mass is 370 g/mol. The van der Waals surface area contributed by atoms with Gasteiger partial charge in [-0.15, -0.1) is 0 Å². The summed E-state index contributed by atoms with van der Waals surface area (Å²) in [4.78, 5) is 12.7. The van der Waals surface area contributed by atoms with Crippen LogP contribution in [0.15, 0.2) is 53.3 Å². The minimum absolute atomic E-state index is 0.0989. The summed E-state index contributed by atoms with van der Waals surface area (Å²) < 4.78 is 14.4. The Kier molecular flexibility index (Phi) is 6.19. The van der Waals surface area contributed by atoms with E-state index < -0.39 is 6.10 Å². The average Bonchev–Trinajstić information content (AvgIpc) is 2.94. The number of hydrogen-bond acceptors (Lipinski definition) is 4. The second-order valence-electron chi connectivity index (χ2n) is 6.40. The van der Waals surface area contributed by atoms with E-state index in [2.05, 4.69) is 0 Å². The van der Waals surface area contributed by atoms with Gasteiger partial charge in [-0.1, -0.05) is 19.1 Å². The molecule has 0 amide bonds. The molecule has 0 spiro atoms. The van der Waals surface area contributed by atoms with Crippen molar-refractivity contribution in [2.75, 3.05) is 13.2 Å². The van der Waals surface area contributed by atoms with Crippen molar-refractivity contribution in [2.45, 2.75) is 39.5 Å². The molecule has 27 heavy (non-hydrogen) atoms. The molecule has 0 saturated heterocycles. The first-order chi connectivity index (χ1) is 13.1. The summed E-state index contributed by atoms with van der Waals surface area (Å²) >= 11 is 0. The lowest BCUT2D eigenvalue weighted by Crippen LogP contribution is -2.31. The summed E-state index contributed by atoms with van der Waals surface area (Å²) in [5.74, 6) is 1.43. The first-order valence-electron chi connectivity index (χ1n) is 9.35. The number of aromatic nitrogens is 2. The van der Waals surface area contributed by atoms with Gasteiger partial charge in [-0.05, 0) is 49.7 Å². The highest BCUT2D eigenvalue weighted by Crippen LogP contribution is 2.18. The molecule has 0 saturated carbocycles. The molecule has 144 valence electrons. The first kappa shape index (κ1) is 19.0. The summed E-state index contributed by atoms with van der Waals surface area (Å²) in [5.41, 5.74) is 1.62. The van der Waals surface area contributed by atoms with Crippen LogP contribution in [-0.4, -0.2) is 33.6 Å². The molecule has 1 heterocycles. The fraction of sp³-hybridized carbons (Fsp3) is 0.381. The standard InChI is InChI=1S/C21H26N2O4/c1-3-13-22-19-7-5-6-8-20(19)23(21(22)25)14-16(24)15-27-18-11-9-17(10-12-18)26-4-2/h5-12,16,24H,3-4,13-15H2,1-2H3. The second-order valence-corrected chi connectivity index (χ2v) is 6.40. The van der Waals surface area contributed by atoms with Gasteiger partial charge in [0, 0.05) is 6.54 Å². The molecule has 0 fully saturated rings. The number of imidazole rings is 1. The first-order valence-corrected chi connectivity index (χ1v) is 9.35. The van der Waals surface area contributed by atoms with Crippen LogP contribution in [0.25, 0.3) is 11.0 Å². The van der Waals surface area contributed by atoms with Crippen molar-refractivity contribution in [3.05, 3.63) is 59.0 Å². The zero-order valence-corrected chi connectivity index (χ0v) is 15.8. The molecule has 0 bridgehead atoms. The van der Waals surface area contributed by atoms with Gasteiger partial charge in [0.25, 0.3) is 0 Å².